The molecule has 2 rings (SSSR count). The highest BCUT2D eigenvalue weighted by Gasteiger charge is 2.01. The number of nitrogens with zero attached hydrogens (tertiary/aromatic N) is 2. The Morgan fingerprint density at radius 3 is 2.73 bits per heavy atom. The minimum absolute atomic E-state index is 0.837. The second kappa shape index (κ2) is 3.98. The topological polar surface area (TPSA) is 43.8 Å². The molecule has 15 heavy (non-hydrogen) atoms. The van der Waals surface area contributed by atoms with Gasteiger partial charge in [-0.25, -0.2) is 0 Å². The van der Waals surface area contributed by atoms with Crippen molar-refractivity contribution in [3.8, 4) is 0 Å². The Hall–Kier alpha value is -1.42. The summed E-state index contributed by atoms with van der Waals surface area (Å²) >= 11 is 1.67. The Morgan fingerprint density at radius 1 is 1.33 bits per heavy atom. The first-order valence-corrected chi connectivity index (χ1v) is 5.49. The van der Waals surface area contributed by atoms with Crippen LogP contribution < -0.4 is 5.73 Å². The van der Waals surface area contributed by atoms with E-state index in [-0.39, 0.29) is 0 Å². The average Bonchev–Trinajstić information content (AvgIpc) is 2.58. The molecule has 0 spiro atoms. The molecule has 0 fully saturated rings. The largest absolute Gasteiger partial charge is 0.398 e. The highest BCUT2D eigenvalue weighted by atomic mass is 32.2. The quantitative estimate of drug-likeness (QED) is 0.789. The van der Waals surface area contributed by atoms with E-state index in [0.29, 0.717) is 0 Å². The number of rotatable bonds is 2. The van der Waals surface area contributed by atoms with Crippen LogP contribution in [0.4, 0.5) is 5.69 Å². The highest BCUT2D eigenvalue weighted by molar-refractivity contribution is 7.99. The van der Waals surface area contributed by atoms with Gasteiger partial charge in [0.1, 0.15) is 0 Å². The van der Waals surface area contributed by atoms with Crippen LogP contribution in [-0.4, -0.2) is 9.78 Å². The molecule has 78 valence electrons. The summed E-state index contributed by atoms with van der Waals surface area (Å²) in [6.07, 6.45) is 3.83. The normalized spacial score (nSPS) is 10.5. The molecule has 0 aliphatic heterocycles. The summed E-state index contributed by atoms with van der Waals surface area (Å²) in [4.78, 5) is 2.27. The molecule has 1 aromatic heterocycles. The average molecular weight is 219 g/mol. The highest BCUT2D eigenvalue weighted by Crippen LogP contribution is 2.29. The molecule has 0 saturated carbocycles. The third-order valence-electron chi connectivity index (χ3n) is 2.17. The van der Waals surface area contributed by atoms with Crippen molar-refractivity contribution in [2.45, 2.75) is 16.7 Å². The maximum Gasteiger partial charge on any atom is 0.0629 e. The van der Waals surface area contributed by atoms with Crippen LogP contribution in [0.3, 0.4) is 0 Å². The van der Waals surface area contributed by atoms with Crippen molar-refractivity contribution < 1.29 is 0 Å². The molecule has 0 unspecified atom stereocenters. The van der Waals surface area contributed by atoms with E-state index in [2.05, 4.69) is 11.2 Å². The number of benzene rings is 1. The van der Waals surface area contributed by atoms with Crippen molar-refractivity contribution in [3.63, 3.8) is 0 Å². The van der Waals surface area contributed by atoms with Crippen LogP contribution in [0.2, 0.25) is 0 Å². The summed E-state index contributed by atoms with van der Waals surface area (Å²) in [5.74, 6) is 0. The lowest BCUT2D eigenvalue weighted by molar-refractivity contribution is 0.766. The Bertz CT molecular complexity index is 476. The lowest BCUT2D eigenvalue weighted by atomic mass is 10.2. The Labute approximate surface area is 93.3 Å². The fourth-order valence-corrected chi connectivity index (χ4v) is 2.17. The number of hydrogen-bond donors (Lipinski definition) is 1. The van der Waals surface area contributed by atoms with Gasteiger partial charge in [-0.2, -0.15) is 5.10 Å². The Morgan fingerprint density at radius 2 is 2.13 bits per heavy atom. The SMILES string of the molecule is Cc1ccc(Sc2cnn(C)c2)cc1N. The van der Waals surface area contributed by atoms with Crippen LogP contribution in [0.1, 0.15) is 5.56 Å². The van der Waals surface area contributed by atoms with Gasteiger partial charge in [0.2, 0.25) is 0 Å². The molecule has 3 nitrogen and oxygen atoms in total. The third kappa shape index (κ3) is 2.33. The van der Waals surface area contributed by atoms with E-state index in [1.54, 1.807) is 16.4 Å². The van der Waals surface area contributed by atoms with Crippen LogP contribution in [0.5, 0.6) is 0 Å². The molecule has 0 aliphatic rings. The Kier molecular flexibility index (Phi) is 2.68. The molecule has 1 heterocycles. The summed E-state index contributed by atoms with van der Waals surface area (Å²) in [7, 11) is 1.91. The van der Waals surface area contributed by atoms with E-state index in [1.165, 1.54) is 0 Å². The van der Waals surface area contributed by atoms with Gasteiger partial charge in [-0.15, -0.1) is 0 Å². The first-order chi connectivity index (χ1) is 7.15. The van der Waals surface area contributed by atoms with E-state index in [4.69, 9.17) is 5.73 Å². The molecule has 2 aromatic rings. The van der Waals surface area contributed by atoms with Gasteiger partial charge in [-0.3, -0.25) is 4.68 Å². The summed E-state index contributed by atoms with van der Waals surface area (Å²) in [6.45, 7) is 2.01. The van der Waals surface area contributed by atoms with Gasteiger partial charge in [0.15, 0.2) is 0 Å². The van der Waals surface area contributed by atoms with E-state index in [9.17, 15) is 0 Å². The summed E-state index contributed by atoms with van der Waals surface area (Å²) < 4.78 is 1.79. The minimum Gasteiger partial charge on any atom is -0.398 e. The van der Waals surface area contributed by atoms with E-state index >= 15 is 0 Å². The molecular weight excluding hydrogens is 206 g/mol. The molecule has 0 aliphatic carbocycles. The first-order valence-electron chi connectivity index (χ1n) is 4.68. The zero-order chi connectivity index (χ0) is 10.8. The van der Waals surface area contributed by atoms with Crippen molar-refractivity contribution in [1.82, 2.24) is 9.78 Å². The lowest BCUT2D eigenvalue weighted by Gasteiger charge is -2.02. The van der Waals surface area contributed by atoms with Gasteiger partial charge >= 0.3 is 0 Å². The molecule has 0 radical (unpaired) electrons. The van der Waals surface area contributed by atoms with Crippen molar-refractivity contribution in [2.75, 3.05) is 5.73 Å². The predicted molar refractivity (Wildman–Crippen MR) is 62.9 cm³/mol. The standard InChI is InChI=1S/C11H13N3S/c1-8-3-4-9(5-11(8)12)15-10-6-13-14(2)7-10/h3-7H,12H2,1-2H3. The lowest BCUT2D eigenvalue weighted by Crippen LogP contribution is -1.88. The molecule has 0 saturated heterocycles. The second-order valence-corrected chi connectivity index (χ2v) is 4.62. The number of aromatic nitrogens is 2. The summed E-state index contributed by atoms with van der Waals surface area (Å²) in [6, 6.07) is 6.10. The predicted octanol–water partition coefficient (Wildman–Crippen LogP) is 2.46. The van der Waals surface area contributed by atoms with E-state index in [1.807, 2.05) is 38.5 Å². The smallest absolute Gasteiger partial charge is 0.0629 e. The number of anilines is 1. The molecular formula is C11H13N3S. The van der Waals surface area contributed by atoms with Crippen LogP contribution in [0, 0.1) is 6.92 Å². The maximum absolute atomic E-state index is 5.85. The van der Waals surface area contributed by atoms with Crippen molar-refractivity contribution in [3.05, 3.63) is 36.2 Å². The van der Waals surface area contributed by atoms with E-state index in [0.717, 1.165) is 21.0 Å². The monoisotopic (exact) mass is 219 g/mol. The third-order valence-corrected chi connectivity index (χ3v) is 3.10. The molecule has 4 heteroatoms. The van der Waals surface area contributed by atoms with Crippen molar-refractivity contribution >= 4 is 17.4 Å². The number of nitrogen functional groups attached to an aromatic ring is 1. The van der Waals surface area contributed by atoms with Gasteiger partial charge in [0.05, 0.1) is 11.1 Å². The van der Waals surface area contributed by atoms with Crippen LogP contribution in [0.25, 0.3) is 0 Å². The van der Waals surface area contributed by atoms with Gasteiger partial charge in [-0.05, 0) is 24.6 Å². The Balaban J connectivity index is 2.21. The number of nitrogens with two attached hydrogens (primary N) is 1. The van der Waals surface area contributed by atoms with E-state index < -0.39 is 0 Å². The fourth-order valence-electron chi connectivity index (χ4n) is 1.27. The van der Waals surface area contributed by atoms with Crippen molar-refractivity contribution in [2.24, 2.45) is 7.05 Å². The van der Waals surface area contributed by atoms with Gasteiger partial charge in [0.25, 0.3) is 0 Å². The zero-order valence-corrected chi connectivity index (χ0v) is 9.58. The fraction of sp³-hybridized carbons (Fsp3) is 0.182. The zero-order valence-electron chi connectivity index (χ0n) is 8.77. The molecule has 0 bridgehead atoms. The van der Waals surface area contributed by atoms with Gasteiger partial charge < -0.3 is 5.73 Å². The maximum atomic E-state index is 5.85. The second-order valence-electron chi connectivity index (χ2n) is 3.47. The summed E-state index contributed by atoms with van der Waals surface area (Å²) in [5, 5.41) is 4.12. The molecule has 0 amide bonds. The van der Waals surface area contributed by atoms with Crippen molar-refractivity contribution in [1.29, 1.82) is 0 Å². The molecule has 1 aromatic carbocycles. The van der Waals surface area contributed by atoms with Crippen LogP contribution in [-0.2, 0) is 7.05 Å². The summed E-state index contributed by atoms with van der Waals surface area (Å²) in [5.41, 5.74) is 7.80. The van der Waals surface area contributed by atoms with Gasteiger partial charge in [0, 0.05) is 23.8 Å². The first kappa shape index (κ1) is 10.1. The molecule has 0 atom stereocenters. The van der Waals surface area contributed by atoms with Crippen LogP contribution in [0.15, 0.2) is 40.4 Å². The number of aryl methyl sites for hydroxylation is 2. The minimum atomic E-state index is 0.837. The van der Waals surface area contributed by atoms with Gasteiger partial charge in [-0.1, -0.05) is 17.8 Å². The number of hydrogen-bond acceptors (Lipinski definition) is 3. The van der Waals surface area contributed by atoms with Crippen LogP contribution >= 0.6 is 11.8 Å². The molecule has 2 N–H and O–H groups in total.